The number of hydrogen-bond donors (Lipinski definition) is 3. The summed E-state index contributed by atoms with van der Waals surface area (Å²) in [6.45, 7) is 1.20. The van der Waals surface area contributed by atoms with Crippen molar-refractivity contribution in [3.05, 3.63) is 16.1 Å². The van der Waals surface area contributed by atoms with E-state index in [1.165, 1.54) is 42.4 Å². The molecule has 0 atom stereocenters. The summed E-state index contributed by atoms with van der Waals surface area (Å²) in [4.78, 5) is 26.2. The quantitative estimate of drug-likeness (QED) is 0.747. The molecule has 6 nitrogen and oxygen atoms in total. The van der Waals surface area contributed by atoms with Crippen molar-refractivity contribution >= 4 is 23.3 Å². The number of aromatic nitrogens is 1. The minimum atomic E-state index is -1.02. The number of carboxylic acid groups (broad SMARTS) is 1. The van der Waals surface area contributed by atoms with Gasteiger partial charge in [0.05, 0.1) is 5.01 Å². The number of carboxylic acids is 1. The lowest BCUT2D eigenvalue weighted by molar-refractivity contribution is 0.0691. The molecule has 3 N–H and O–H groups in total. The molecule has 1 heterocycles. The van der Waals surface area contributed by atoms with Gasteiger partial charge in [0.2, 0.25) is 0 Å². The van der Waals surface area contributed by atoms with E-state index in [1.54, 1.807) is 0 Å². The van der Waals surface area contributed by atoms with Crippen molar-refractivity contribution < 1.29 is 14.7 Å². The van der Waals surface area contributed by atoms with Crippen LogP contribution in [0.1, 0.15) is 41.2 Å². The third-order valence-electron chi connectivity index (χ3n) is 3.42. The van der Waals surface area contributed by atoms with Gasteiger partial charge in [0.15, 0.2) is 5.69 Å². The topological polar surface area (TPSA) is 91.3 Å². The van der Waals surface area contributed by atoms with Crippen LogP contribution < -0.4 is 10.6 Å². The smallest absolute Gasteiger partial charge is 0.355 e. The number of amides is 2. The highest BCUT2D eigenvalue weighted by atomic mass is 32.1. The molecule has 0 radical (unpaired) electrons. The van der Waals surface area contributed by atoms with Crippen LogP contribution in [0.15, 0.2) is 5.38 Å². The van der Waals surface area contributed by atoms with E-state index in [4.69, 9.17) is 5.11 Å². The van der Waals surface area contributed by atoms with E-state index in [0.717, 1.165) is 11.6 Å². The van der Waals surface area contributed by atoms with Crippen LogP contribution in [-0.4, -0.2) is 35.2 Å². The van der Waals surface area contributed by atoms with Crippen LogP contribution in [0, 0.1) is 5.92 Å². The van der Waals surface area contributed by atoms with Gasteiger partial charge in [0.1, 0.15) is 0 Å². The zero-order valence-corrected chi connectivity index (χ0v) is 12.0. The molecule has 0 aliphatic heterocycles. The second-order valence-corrected chi connectivity index (χ2v) is 5.91. The molecular formula is C13H19N3O3S. The zero-order valence-electron chi connectivity index (χ0n) is 11.2. The largest absolute Gasteiger partial charge is 0.476 e. The number of nitrogens with one attached hydrogen (secondary N) is 2. The average Bonchev–Trinajstić information content (AvgIpc) is 3.07. The molecular weight excluding hydrogens is 278 g/mol. The number of aromatic carboxylic acids is 1. The van der Waals surface area contributed by atoms with Gasteiger partial charge in [-0.25, -0.2) is 14.6 Å². The van der Waals surface area contributed by atoms with E-state index in [-0.39, 0.29) is 11.7 Å². The van der Waals surface area contributed by atoms with E-state index < -0.39 is 5.97 Å². The second-order valence-electron chi connectivity index (χ2n) is 4.97. The molecule has 1 aromatic heterocycles. The fourth-order valence-corrected chi connectivity index (χ4v) is 3.09. The van der Waals surface area contributed by atoms with Crippen LogP contribution in [0.25, 0.3) is 0 Å². The highest BCUT2D eigenvalue weighted by molar-refractivity contribution is 7.09. The fraction of sp³-hybridized carbons (Fsp3) is 0.615. The Morgan fingerprint density at radius 2 is 2.10 bits per heavy atom. The molecule has 0 spiro atoms. The minimum Gasteiger partial charge on any atom is -0.476 e. The SMILES string of the molecule is O=C(NCCc1nc(C(=O)O)cs1)NCC1CCCC1. The van der Waals surface area contributed by atoms with E-state index in [2.05, 4.69) is 15.6 Å². The van der Waals surface area contributed by atoms with Crippen molar-refractivity contribution in [2.45, 2.75) is 32.1 Å². The van der Waals surface area contributed by atoms with Crippen molar-refractivity contribution in [2.75, 3.05) is 13.1 Å². The number of thiazole rings is 1. The number of carbonyl (C=O) groups excluding carboxylic acids is 1. The summed E-state index contributed by atoms with van der Waals surface area (Å²) in [5, 5.41) is 16.6. The van der Waals surface area contributed by atoms with Crippen LogP contribution >= 0.6 is 11.3 Å². The van der Waals surface area contributed by atoms with Gasteiger partial charge in [0.25, 0.3) is 0 Å². The van der Waals surface area contributed by atoms with Crippen LogP contribution in [0.2, 0.25) is 0 Å². The molecule has 2 amide bonds. The first-order valence-electron chi connectivity index (χ1n) is 6.84. The number of rotatable bonds is 6. The molecule has 2 rings (SSSR count). The summed E-state index contributed by atoms with van der Waals surface area (Å²) < 4.78 is 0. The molecule has 1 fully saturated rings. The maximum Gasteiger partial charge on any atom is 0.355 e. The number of carbonyl (C=O) groups is 2. The van der Waals surface area contributed by atoms with Crippen molar-refractivity contribution in [2.24, 2.45) is 5.92 Å². The van der Waals surface area contributed by atoms with Crippen molar-refractivity contribution in [3.63, 3.8) is 0 Å². The third-order valence-corrected chi connectivity index (χ3v) is 4.33. The summed E-state index contributed by atoms with van der Waals surface area (Å²) in [5.41, 5.74) is 0.0654. The second kappa shape index (κ2) is 7.23. The third kappa shape index (κ3) is 4.48. The Kier molecular flexibility index (Phi) is 5.34. The van der Waals surface area contributed by atoms with Crippen molar-refractivity contribution in [3.8, 4) is 0 Å². The number of urea groups is 1. The first-order chi connectivity index (χ1) is 9.65. The normalized spacial score (nSPS) is 15.2. The Bertz CT molecular complexity index is 469. The van der Waals surface area contributed by atoms with Gasteiger partial charge in [-0.15, -0.1) is 11.3 Å². The maximum absolute atomic E-state index is 11.6. The molecule has 1 aliphatic rings. The predicted octanol–water partition coefficient (Wildman–Crippen LogP) is 1.87. The van der Waals surface area contributed by atoms with E-state index >= 15 is 0 Å². The highest BCUT2D eigenvalue weighted by Crippen LogP contribution is 2.23. The fourth-order valence-electron chi connectivity index (χ4n) is 2.32. The van der Waals surface area contributed by atoms with Crippen LogP contribution in [-0.2, 0) is 6.42 Å². The summed E-state index contributed by atoms with van der Waals surface area (Å²) in [6, 6.07) is -0.160. The van der Waals surface area contributed by atoms with Crippen molar-refractivity contribution in [1.29, 1.82) is 0 Å². The Hall–Kier alpha value is -1.63. The Morgan fingerprint density at radius 3 is 2.75 bits per heavy atom. The molecule has 0 bridgehead atoms. The molecule has 1 saturated carbocycles. The summed E-state index contributed by atoms with van der Waals surface area (Å²) in [7, 11) is 0. The first kappa shape index (κ1) is 14.8. The Balaban J connectivity index is 1.61. The van der Waals surface area contributed by atoms with Crippen LogP contribution in [0.4, 0.5) is 4.79 Å². The lowest BCUT2D eigenvalue weighted by Crippen LogP contribution is -2.38. The van der Waals surface area contributed by atoms with Gasteiger partial charge in [-0.05, 0) is 18.8 Å². The molecule has 20 heavy (non-hydrogen) atoms. The molecule has 0 saturated heterocycles. The van der Waals surface area contributed by atoms with E-state index in [9.17, 15) is 9.59 Å². The van der Waals surface area contributed by atoms with Gasteiger partial charge < -0.3 is 15.7 Å². The summed E-state index contributed by atoms with van der Waals surface area (Å²) >= 11 is 1.30. The lowest BCUT2D eigenvalue weighted by atomic mass is 10.1. The highest BCUT2D eigenvalue weighted by Gasteiger charge is 2.15. The van der Waals surface area contributed by atoms with E-state index in [0.29, 0.717) is 18.9 Å². The minimum absolute atomic E-state index is 0.0654. The summed E-state index contributed by atoms with van der Waals surface area (Å²) in [6.07, 6.45) is 5.50. The monoisotopic (exact) mass is 297 g/mol. The van der Waals surface area contributed by atoms with Gasteiger partial charge in [0, 0.05) is 24.9 Å². The first-order valence-corrected chi connectivity index (χ1v) is 7.72. The van der Waals surface area contributed by atoms with Gasteiger partial charge in [-0.1, -0.05) is 12.8 Å². The average molecular weight is 297 g/mol. The molecule has 0 aromatic carbocycles. The van der Waals surface area contributed by atoms with Gasteiger partial charge in [-0.2, -0.15) is 0 Å². The standard InChI is InChI=1S/C13H19N3O3S/c17-12(18)10-8-20-11(16-10)5-6-14-13(19)15-7-9-3-1-2-4-9/h8-9H,1-7H2,(H,17,18)(H2,14,15,19). The lowest BCUT2D eigenvalue weighted by Gasteiger charge is -2.11. The molecule has 0 unspecified atom stereocenters. The molecule has 1 aliphatic carbocycles. The van der Waals surface area contributed by atoms with Gasteiger partial charge >= 0.3 is 12.0 Å². The van der Waals surface area contributed by atoms with E-state index in [1.807, 2.05) is 0 Å². The Morgan fingerprint density at radius 1 is 1.35 bits per heavy atom. The molecule has 1 aromatic rings. The van der Waals surface area contributed by atoms with Gasteiger partial charge in [-0.3, -0.25) is 0 Å². The van der Waals surface area contributed by atoms with Crippen LogP contribution in [0.3, 0.4) is 0 Å². The van der Waals surface area contributed by atoms with Crippen LogP contribution in [0.5, 0.6) is 0 Å². The number of hydrogen-bond acceptors (Lipinski definition) is 4. The van der Waals surface area contributed by atoms with Crippen molar-refractivity contribution in [1.82, 2.24) is 15.6 Å². The summed E-state index contributed by atoms with van der Waals surface area (Å²) in [5.74, 6) is -0.396. The maximum atomic E-state index is 11.6. The molecule has 110 valence electrons. The predicted molar refractivity (Wildman–Crippen MR) is 76.1 cm³/mol. The Labute approximate surface area is 121 Å². The molecule has 7 heteroatoms. The zero-order chi connectivity index (χ0) is 14.4. The number of nitrogens with zero attached hydrogens (tertiary/aromatic N) is 1.